The second kappa shape index (κ2) is 8.90. The quantitative estimate of drug-likeness (QED) is 0.413. The topological polar surface area (TPSA) is 77.6 Å². The van der Waals surface area contributed by atoms with Gasteiger partial charge in [0.05, 0.1) is 19.8 Å². The third kappa shape index (κ3) is 6.04. The summed E-state index contributed by atoms with van der Waals surface area (Å²) < 4.78 is 16.5. The molecular formula is C13H19BrN2O3. The summed E-state index contributed by atoms with van der Waals surface area (Å²) in [7, 11) is 1.65. The number of hydrogen-bond donors (Lipinski definition) is 2. The molecule has 0 saturated carbocycles. The Kier molecular flexibility index (Phi) is 7.47. The molecule has 0 fully saturated rings. The summed E-state index contributed by atoms with van der Waals surface area (Å²) in [6, 6.07) is 5.37. The van der Waals surface area contributed by atoms with Crippen LogP contribution in [-0.2, 0) is 9.47 Å². The van der Waals surface area contributed by atoms with Crippen molar-refractivity contribution in [1.29, 1.82) is 5.41 Å². The Morgan fingerprint density at radius 2 is 2.05 bits per heavy atom. The van der Waals surface area contributed by atoms with Crippen LogP contribution in [0, 0.1) is 5.41 Å². The maximum atomic E-state index is 7.38. The Hall–Kier alpha value is -1.11. The summed E-state index contributed by atoms with van der Waals surface area (Å²) in [6.45, 7) is 2.45. The number of amidine groups is 1. The molecule has 0 aromatic heterocycles. The van der Waals surface area contributed by atoms with Crippen LogP contribution in [-0.4, -0.2) is 39.4 Å². The van der Waals surface area contributed by atoms with Crippen molar-refractivity contribution in [2.45, 2.75) is 6.42 Å². The summed E-state index contributed by atoms with van der Waals surface area (Å²) in [6.07, 6.45) is 0.815. The molecule has 0 bridgehead atoms. The van der Waals surface area contributed by atoms with Gasteiger partial charge in [0, 0.05) is 30.2 Å². The molecule has 0 aliphatic carbocycles. The number of rotatable bonds is 9. The first kappa shape index (κ1) is 15.9. The fourth-order valence-corrected chi connectivity index (χ4v) is 1.97. The van der Waals surface area contributed by atoms with E-state index < -0.39 is 0 Å². The second-order valence-corrected chi connectivity index (χ2v) is 4.72. The lowest BCUT2D eigenvalue weighted by Gasteiger charge is -2.09. The standard InChI is InChI=1S/C13H19BrN2O3/c1-17-7-8-18-5-2-6-19-10-3-4-11(13(15)16)12(14)9-10/h3-4,9H,2,5-8H2,1H3,(H3,15,16). The molecule has 0 heterocycles. The molecule has 1 aromatic carbocycles. The Labute approximate surface area is 121 Å². The summed E-state index contributed by atoms with van der Waals surface area (Å²) in [4.78, 5) is 0. The average Bonchev–Trinajstić information content (AvgIpc) is 2.37. The van der Waals surface area contributed by atoms with Crippen molar-refractivity contribution in [2.24, 2.45) is 5.73 Å². The maximum absolute atomic E-state index is 7.38. The van der Waals surface area contributed by atoms with Gasteiger partial charge in [0.25, 0.3) is 0 Å². The SMILES string of the molecule is COCCOCCCOc1ccc(C(=N)N)c(Br)c1. The van der Waals surface area contributed by atoms with Gasteiger partial charge in [-0.1, -0.05) is 0 Å². The van der Waals surface area contributed by atoms with Crippen LogP contribution in [0.3, 0.4) is 0 Å². The van der Waals surface area contributed by atoms with Crippen molar-refractivity contribution in [2.75, 3.05) is 33.5 Å². The van der Waals surface area contributed by atoms with Gasteiger partial charge in [-0.15, -0.1) is 0 Å². The molecule has 6 heteroatoms. The Morgan fingerprint density at radius 1 is 1.26 bits per heavy atom. The van der Waals surface area contributed by atoms with Crippen LogP contribution < -0.4 is 10.5 Å². The molecule has 106 valence electrons. The van der Waals surface area contributed by atoms with Crippen molar-refractivity contribution >= 4 is 21.8 Å². The average molecular weight is 331 g/mol. The molecule has 0 aliphatic heterocycles. The van der Waals surface area contributed by atoms with Gasteiger partial charge in [0.2, 0.25) is 0 Å². The van der Waals surface area contributed by atoms with Crippen LogP contribution >= 0.6 is 15.9 Å². The van der Waals surface area contributed by atoms with Crippen LogP contribution in [0.5, 0.6) is 5.75 Å². The van der Waals surface area contributed by atoms with E-state index in [2.05, 4.69) is 15.9 Å². The summed E-state index contributed by atoms with van der Waals surface area (Å²) in [5.74, 6) is 0.777. The Balaban J connectivity index is 2.26. The third-order valence-electron chi connectivity index (χ3n) is 2.36. The molecule has 3 N–H and O–H groups in total. The molecule has 0 saturated heterocycles. The molecule has 0 spiro atoms. The van der Waals surface area contributed by atoms with Crippen molar-refractivity contribution in [3.8, 4) is 5.75 Å². The van der Waals surface area contributed by atoms with Crippen LogP contribution in [0.1, 0.15) is 12.0 Å². The van der Waals surface area contributed by atoms with Gasteiger partial charge in [0.1, 0.15) is 11.6 Å². The van der Waals surface area contributed by atoms with E-state index >= 15 is 0 Å². The number of nitrogens with one attached hydrogen (secondary N) is 1. The van der Waals surface area contributed by atoms with Crippen LogP contribution in [0.4, 0.5) is 0 Å². The van der Waals surface area contributed by atoms with Gasteiger partial charge in [-0.2, -0.15) is 0 Å². The Morgan fingerprint density at radius 3 is 2.68 bits per heavy atom. The molecule has 0 amide bonds. The van der Waals surface area contributed by atoms with E-state index in [1.165, 1.54) is 0 Å². The molecule has 1 rings (SSSR count). The van der Waals surface area contributed by atoms with Crippen molar-refractivity contribution in [3.63, 3.8) is 0 Å². The highest BCUT2D eigenvalue weighted by Gasteiger charge is 2.04. The van der Waals surface area contributed by atoms with Crippen LogP contribution in [0.2, 0.25) is 0 Å². The second-order valence-electron chi connectivity index (χ2n) is 3.86. The van der Waals surface area contributed by atoms with E-state index in [9.17, 15) is 0 Å². The first-order valence-corrected chi connectivity index (χ1v) is 6.78. The van der Waals surface area contributed by atoms with Gasteiger partial charge in [-0.05, 0) is 34.1 Å². The minimum atomic E-state index is 0.0324. The first-order chi connectivity index (χ1) is 9.15. The summed E-state index contributed by atoms with van der Waals surface area (Å²) in [5, 5.41) is 7.38. The smallest absolute Gasteiger partial charge is 0.123 e. The zero-order chi connectivity index (χ0) is 14.1. The number of nitrogen functional groups attached to an aromatic ring is 1. The van der Waals surface area contributed by atoms with E-state index in [0.717, 1.165) is 16.6 Å². The largest absolute Gasteiger partial charge is 0.493 e. The monoisotopic (exact) mass is 330 g/mol. The number of hydrogen-bond acceptors (Lipinski definition) is 4. The van der Waals surface area contributed by atoms with E-state index in [1.807, 2.05) is 6.07 Å². The van der Waals surface area contributed by atoms with E-state index in [1.54, 1.807) is 19.2 Å². The third-order valence-corrected chi connectivity index (χ3v) is 3.02. The number of benzene rings is 1. The number of nitrogens with two attached hydrogens (primary N) is 1. The number of ether oxygens (including phenoxy) is 3. The van der Waals surface area contributed by atoms with Gasteiger partial charge in [-0.25, -0.2) is 0 Å². The molecule has 0 aliphatic rings. The summed E-state index contributed by atoms with van der Waals surface area (Å²) in [5.41, 5.74) is 6.09. The lowest BCUT2D eigenvalue weighted by Crippen LogP contribution is -2.12. The number of methoxy groups -OCH3 is 1. The van der Waals surface area contributed by atoms with E-state index in [-0.39, 0.29) is 5.84 Å². The first-order valence-electron chi connectivity index (χ1n) is 5.98. The Bertz CT molecular complexity index is 413. The van der Waals surface area contributed by atoms with E-state index in [0.29, 0.717) is 32.0 Å². The molecule has 1 aromatic rings. The molecule has 19 heavy (non-hydrogen) atoms. The molecule has 0 radical (unpaired) electrons. The summed E-state index contributed by atoms with van der Waals surface area (Å²) >= 11 is 3.36. The molecular weight excluding hydrogens is 312 g/mol. The van der Waals surface area contributed by atoms with Crippen LogP contribution in [0.25, 0.3) is 0 Å². The molecule has 0 unspecified atom stereocenters. The fraction of sp³-hybridized carbons (Fsp3) is 0.462. The molecule has 5 nitrogen and oxygen atoms in total. The lowest BCUT2D eigenvalue weighted by molar-refractivity contribution is 0.0644. The van der Waals surface area contributed by atoms with Crippen molar-refractivity contribution in [3.05, 3.63) is 28.2 Å². The van der Waals surface area contributed by atoms with Crippen LogP contribution in [0.15, 0.2) is 22.7 Å². The van der Waals surface area contributed by atoms with Gasteiger partial charge in [-0.3, -0.25) is 5.41 Å². The van der Waals surface area contributed by atoms with Crippen molar-refractivity contribution in [1.82, 2.24) is 0 Å². The lowest BCUT2D eigenvalue weighted by atomic mass is 10.2. The maximum Gasteiger partial charge on any atom is 0.123 e. The minimum Gasteiger partial charge on any atom is -0.493 e. The van der Waals surface area contributed by atoms with Gasteiger partial charge < -0.3 is 19.9 Å². The van der Waals surface area contributed by atoms with Gasteiger partial charge >= 0.3 is 0 Å². The fourth-order valence-electron chi connectivity index (χ4n) is 1.40. The zero-order valence-electron chi connectivity index (χ0n) is 10.9. The normalized spacial score (nSPS) is 10.4. The highest BCUT2D eigenvalue weighted by molar-refractivity contribution is 9.10. The zero-order valence-corrected chi connectivity index (χ0v) is 12.5. The van der Waals surface area contributed by atoms with E-state index in [4.69, 9.17) is 25.4 Å². The highest BCUT2D eigenvalue weighted by Crippen LogP contribution is 2.22. The van der Waals surface area contributed by atoms with Crippen molar-refractivity contribution < 1.29 is 14.2 Å². The molecule has 0 atom stereocenters. The minimum absolute atomic E-state index is 0.0324. The predicted octanol–water partition coefficient (Wildman–Crippen LogP) is 2.17. The van der Waals surface area contributed by atoms with Gasteiger partial charge in [0.15, 0.2) is 0 Å². The predicted molar refractivity (Wildman–Crippen MR) is 78.0 cm³/mol. The highest BCUT2D eigenvalue weighted by atomic mass is 79.9. The number of halogens is 1.